The van der Waals surface area contributed by atoms with Crippen molar-refractivity contribution in [1.82, 2.24) is 9.97 Å². The Kier molecular flexibility index (Phi) is 6.74. The Morgan fingerprint density at radius 3 is 2.51 bits per heavy atom. The van der Waals surface area contributed by atoms with E-state index >= 15 is 0 Å². The number of benzene rings is 3. The van der Waals surface area contributed by atoms with Crippen molar-refractivity contribution < 1.29 is 13.9 Å². The van der Waals surface area contributed by atoms with Crippen LogP contribution in [0.1, 0.15) is 11.1 Å². The molecule has 1 aliphatic heterocycles. The number of nitrogens with one attached hydrogen (secondary N) is 2. The van der Waals surface area contributed by atoms with Crippen molar-refractivity contribution in [3.63, 3.8) is 0 Å². The lowest BCUT2D eigenvalue weighted by molar-refractivity contribution is 0.122. The first-order valence-electron chi connectivity index (χ1n) is 11.2. The number of ether oxygens (including phenoxy) is 1. The Bertz CT molecular complexity index is 1360. The number of carbonyl (C=O) groups excluding carboxylic acids is 1. The van der Waals surface area contributed by atoms with Gasteiger partial charge in [-0.1, -0.05) is 17.7 Å². The fraction of sp³-hybridized carbons (Fsp3) is 0.192. The molecule has 0 bridgehead atoms. The monoisotopic (exact) mass is 491 g/mol. The number of nitrogens with zero attached hydrogens (tertiary/aromatic N) is 3. The average Bonchev–Trinajstić information content (AvgIpc) is 2.87. The largest absolute Gasteiger partial charge is 0.378 e. The zero-order valence-corrected chi connectivity index (χ0v) is 19.6. The number of carbonyl (C=O) groups is 1. The van der Waals surface area contributed by atoms with Crippen LogP contribution in [0, 0.1) is 5.82 Å². The maximum Gasteiger partial charge on any atom is 0.323 e. The van der Waals surface area contributed by atoms with E-state index in [0.29, 0.717) is 41.6 Å². The number of rotatable bonds is 5. The van der Waals surface area contributed by atoms with E-state index in [2.05, 4.69) is 20.5 Å². The number of aromatic nitrogens is 2. The first-order chi connectivity index (χ1) is 17.0. The minimum atomic E-state index is -0.429. The third kappa shape index (κ3) is 5.67. The van der Waals surface area contributed by atoms with E-state index < -0.39 is 6.03 Å². The zero-order chi connectivity index (χ0) is 24.2. The summed E-state index contributed by atoms with van der Waals surface area (Å²) in [7, 11) is 0. The maximum atomic E-state index is 14.6. The Balaban J connectivity index is 1.31. The van der Waals surface area contributed by atoms with Crippen molar-refractivity contribution in [2.24, 2.45) is 0 Å². The smallest absolute Gasteiger partial charge is 0.323 e. The molecule has 1 saturated heterocycles. The van der Waals surface area contributed by atoms with Gasteiger partial charge in [-0.15, -0.1) is 0 Å². The van der Waals surface area contributed by atoms with Gasteiger partial charge in [-0.05, 0) is 65.7 Å². The fourth-order valence-electron chi connectivity index (χ4n) is 3.94. The minimum Gasteiger partial charge on any atom is -0.378 e. The van der Waals surface area contributed by atoms with Crippen LogP contribution in [0.5, 0.6) is 0 Å². The summed E-state index contributed by atoms with van der Waals surface area (Å²) in [4.78, 5) is 23.8. The summed E-state index contributed by atoms with van der Waals surface area (Å²) < 4.78 is 20.0. The van der Waals surface area contributed by atoms with Crippen molar-refractivity contribution in [1.29, 1.82) is 0 Å². The van der Waals surface area contributed by atoms with Gasteiger partial charge < -0.3 is 20.3 Å². The topological polar surface area (TPSA) is 79.4 Å². The fourth-order valence-corrected chi connectivity index (χ4v) is 4.06. The highest BCUT2D eigenvalue weighted by atomic mass is 35.5. The number of amides is 2. The molecule has 9 heteroatoms. The highest BCUT2D eigenvalue weighted by molar-refractivity contribution is 6.30. The average molecular weight is 492 g/mol. The van der Waals surface area contributed by atoms with E-state index in [0.717, 1.165) is 35.5 Å². The second-order valence-corrected chi connectivity index (χ2v) is 8.66. The molecule has 0 saturated carbocycles. The summed E-state index contributed by atoms with van der Waals surface area (Å²) >= 11 is 5.87. The lowest BCUT2D eigenvalue weighted by Crippen LogP contribution is -2.36. The number of morpholine rings is 1. The molecule has 0 unspecified atom stereocenters. The third-order valence-corrected chi connectivity index (χ3v) is 5.98. The molecule has 35 heavy (non-hydrogen) atoms. The molecule has 5 rings (SSSR count). The van der Waals surface area contributed by atoms with Gasteiger partial charge in [-0.2, -0.15) is 0 Å². The van der Waals surface area contributed by atoms with E-state index in [1.165, 1.54) is 12.1 Å². The van der Waals surface area contributed by atoms with Gasteiger partial charge in [0.05, 0.1) is 30.4 Å². The number of halogens is 2. The van der Waals surface area contributed by atoms with Crippen LogP contribution < -0.4 is 15.5 Å². The van der Waals surface area contributed by atoms with Crippen LogP contribution in [0.2, 0.25) is 5.02 Å². The lowest BCUT2D eigenvalue weighted by Gasteiger charge is -2.27. The second-order valence-electron chi connectivity index (χ2n) is 8.22. The standard InChI is InChI=1S/C26H23ClFN5O2/c27-19-2-4-20(5-3-19)30-26(34)31-21-6-7-22(28)18(15-21)13-17-1-8-23-24(14-17)32-25(16-29-23)33-9-11-35-12-10-33/h1-8,14-16H,9-13H2,(H2,30,31,34). The summed E-state index contributed by atoms with van der Waals surface area (Å²) in [5.74, 6) is 0.462. The number of anilines is 3. The van der Waals surface area contributed by atoms with Gasteiger partial charge >= 0.3 is 6.03 Å². The van der Waals surface area contributed by atoms with Crippen LogP contribution in [0.3, 0.4) is 0 Å². The van der Waals surface area contributed by atoms with Gasteiger partial charge in [-0.3, -0.25) is 4.98 Å². The lowest BCUT2D eigenvalue weighted by atomic mass is 10.0. The molecular weight excluding hydrogens is 469 g/mol. The normalized spacial score (nSPS) is 13.6. The summed E-state index contributed by atoms with van der Waals surface area (Å²) in [6.45, 7) is 2.88. The van der Waals surface area contributed by atoms with Gasteiger partial charge in [0, 0.05) is 35.9 Å². The molecule has 3 aromatic carbocycles. The highest BCUT2D eigenvalue weighted by Crippen LogP contribution is 2.22. The molecule has 1 aromatic heterocycles. The Morgan fingerprint density at radius 1 is 0.971 bits per heavy atom. The van der Waals surface area contributed by atoms with Crippen LogP contribution in [-0.2, 0) is 11.2 Å². The Labute approximate surface area is 206 Å². The minimum absolute atomic E-state index is 0.345. The molecule has 0 aliphatic carbocycles. The van der Waals surface area contributed by atoms with Crippen LogP contribution in [0.4, 0.5) is 26.4 Å². The molecule has 2 N–H and O–H groups in total. The van der Waals surface area contributed by atoms with Crippen LogP contribution in [0.25, 0.3) is 11.0 Å². The molecule has 1 aliphatic rings. The summed E-state index contributed by atoms with van der Waals surface area (Å²) in [6.07, 6.45) is 2.12. The zero-order valence-electron chi connectivity index (χ0n) is 18.8. The Morgan fingerprint density at radius 2 is 1.71 bits per heavy atom. The van der Waals surface area contributed by atoms with E-state index in [1.54, 1.807) is 36.5 Å². The molecule has 0 radical (unpaired) electrons. The number of urea groups is 1. The van der Waals surface area contributed by atoms with Crippen molar-refractivity contribution in [3.8, 4) is 0 Å². The van der Waals surface area contributed by atoms with Crippen molar-refractivity contribution in [2.75, 3.05) is 41.8 Å². The van der Waals surface area contributed by atoms with E-state index in [4.69, 9.17) is 21.3 Å². The third-order valence-electron chi connectivity index (χ3n) is 5.73. The van der Waals surface area contributed by atoms with Gasteiger partial charge in [0.1, 0.15) is 11.6 Å². The second kappa shape index (κ2) is 10.2. The quantitative estimate of drug-likeness (QED) is 0.385. The summed E-state index contributed by atoms with van der Waals surface area (Å²) in [5, 5.41) is 6.05. The predicted molar refractivity (Wildman–Crippen MR) is 136 cm³/mol. The van der Waals surface area contributed by atoms with Crippen LogP contribution in [0.15, 0.2) is 66.9 Å². The van der Waals surface area contributed by atoms with Gasteiger partial charge in [0.25, 0.3) is 0 Å². The summed E-state index contributed by atoms with van der Waals surface area (Å²) in [6, 6.07) is 16.6. The van der Waals surface area contributed by atoms with Gasteiger partial charge in [0.15, 0.2) is 0 Å². The SMILES string of the molecule is O=C(Nc1ccc(Cl)cc1)Nc1ccc(F)c(Cc2ccc3ncc(N4CCOCC4)nc3c2)c1. The van der Waals surface area contributed by atoms with E-state index in [1.807, 2.05) is 18.2 Å². The van der Waals surface area contributed by atoms with Gasteiger partial charge in [0.2, 0.25) is 0 Å². The first-order valence-corrected chi connectivity index (χ1v) is 11.6. The maximum absolute atomic E-state index is 14.6. The van der Waals surface area contributed by atoms with Crippen LogP contribution >= 0.6 is 11.6 Å². The molecule has 178 valence electrons. The molecule has 7 nitrogen and oxygen atoms in total. The molecule has 4 aromatic rings. The number of fused-ring (bicyclic) bond motifs is 1. The molecular formula is C26H23ClFN5O2. The summed E-state index contributed by atoms with van der Waals surface area (Å²) in [5.41, 5.74) is 3.98. The predicted octanol–water partition coefficient (Wildman–Crippen LogP) is 5.49. The first kappa shape index (κ1) is 23.0. The molecule has 1 fully saturated rings. The van der Waals surface area contributed by atoms with Gasteiger partial charge in [-0.25, -0.2) is 14.2 Å². The number of hydrogen-bond donors (Lipinski definition) is 2. The molecule has 0 atom stereocenters. The Hall–Kier alpha value is -3.75. The highest BCUT2D eigenvalue weighted by Gasteiger charge is 2.14. The van der Waals surface area contributed by atoms with Crippen molar-refractivity contribution in [3.05, 3.63) is 88.8 Å². The molecule has 2 heterocycles. The van der Waals surface area contributed by atoms with Crippen LogP contribution in [-0.4, -0.2) is 42.3 Å². The number of hydrogen-bond acceptors (Lipinski definition) is 5. The van der Waals surface area contributed by atoms with Crippen molar-refractivity contribution in [2.45, 2.75) is 6.42 Å². The molecule has 0 spiro atoms. The van der Waals surface area contributed by atoms with Crippen molar-refractivity contribution >= 4 is 45.9 Å². The van der Waals surface area contributed by atoms with E-state index in [-0.39, 0.29) is 5.82 Å². The molecule has 2 amide bonds. The van der Waals surface area contributed by atoms with E-state index in [9.17, 15) is 9.18 Å².